The van der Waals surface area contributed by atoms with E-state index in [1.807, 2.05) is 0 Å². The zero-order chi connectivity index (χ0) is 12.1. The molecule has 5 heteroatoms. The molecule has 1 aromatic rings. The Hall–Kier alpha value is -1.91. The van der Waals surface area contributed by atoms with Crippen LogP contribution in [0.4, 0.5) is 4.39 Å². The van der Waals surface area contributed by atoms with Crippen molar-refractivity contribution >= 4 is 11.8 Å². The minimum absolute atomic E-state index is 0.105. The maximum Gasteiger partial charge on any atom is 0.272 e. The third-order valence-electron chi connectivity index (χ3n) is 1.94. The highest BCUT2D eigenvalue weighted by atomic mass is 19.1. The molecule has 2 N–H and O–H groups in total. The first-order chi connectivity index (χ1) is 7.52. The first-order valence-corrected chi connectivity index (χ1v) is 4.87. The van der Waals surface area contributed by atoms with Crippen LogP contribution in [0.3, 0.4) is 0 Å². The van der Waals surface area contributed by atoms with Gasteiger partial charge in [-0.25, -0.2) is 4.39 Å². The lowest BCUT2D eigenvalue weighted by Gasteiger charge is -2.09. The number of amides is 2. The third-order valence-corrected chi connectivity index (χ3v) is 1.94. The Balaban J connectivity index is 2.60. The molecular formula is C11H13FN2O2. The van der Waals surface area contributed by atoms with Gasteiger partial charge < -0.3 is 0 Å². The molecule has 0 atom stereocenters. The van der Waals surface area contributed by atoms with E-state index in [1.165, 1.54) is 18.2 Å². The Morgan fingerprint density at radius 2 is 1.81 bits per heavy atom. The molecule has 1 aromatic carbocycles. The lowest BCUT2D eigenvalue weighted by molar-refractivity contribution is -0.124. The van der Waals surface area contributed by atoms with Gasteiger partial charge in [-0.1, -0.05) is 26.0 Å². The van der Waals surface area contributed by atoms with E-state index in [1.54, 1.807) is 19.9 Å². The molecule has 16 heavy (non-hydrogen) atoms. The Bertz CT molecular complexity index is 405. The maximum absolute atomic E-state index is 13.1. The van der Waals surface area contributed by atoms with Gasteiger partial charge in [0.1, 0.15) is 5.82 Å². The van der Waals surface area contributed by atoms with E-state index in [4.69, 9.17) is 0 Å². The number of hydrogen-bond acceptors (Lipinski definition) is 2. The minimum atomic E-state index is -0.674. The Morgan fingerprint density at radius 3 is 2.38 bits per heavy atom. The Kier molecular flexibility index (Phi) is 3.99. The predicted molar refractivity (Wildman–Crippen MR) is 56.8 cm³/mol. The molecule has 2 amide bonds. The van der Waals surface area contributed by atoms with Crippen molar-refractivity contribution in [2.75, 3.05) is 0 Å². The summed E-state index contributed by atoms with van der Waals surface area (Å²) in [6.07, 6.45) is 0. The highest BCUT2D eigenvalue weighted by Gasteiger charge is 2.12. The third kappa shape index (κ3) is 3.05. The number of carbonyl (C=O) groups is 2. The van der Waals surface area contributed by atoms with Crippen molar-refractivity contribution in [3.8, 4) is 0 Å². The van der Waals surface area contributed by atoms with Crippen LogP contribution in [-0.4, -0.2) is 11.8 Å². The lowest BCUT2D eigenvalue weighted by atomic mass is 10.2. The highest BCUT2D eigenvalue weighted by Crippen LogP contribution is 2.05. The molecule has 0 aromatic heterocycles. The van der Waals surface area contributed by atoms with E-state index in [2.05, 4.69) is 10.9 Å². The lowest BCUT2D eigenvalue weighted by Crippen LogP contribution is -2.43. The molecule has 1 rings (SSSR count). The quantitative estimate of drug-likeness (QED) is 0.742. The van der Waals surface area contributed by atoms with Gasteiger partial charge >= 0.3 is 0 Å². The minimum Gasteiger partial charge on any atom is -0.273 e. The normalized spacial score (nSPS) is 10.0. The number of halogens is 1. The first kappa shape index (κ1) is 12.2. The number of hydrazine groups is 1. The summed E-state index contributed by atoms with van der Waals surface area (Å²) in [5, 5.41) is 0. The number of benzene rings is 1. The largest absolute Gasteiger partial charge is 0.273 e. The van der Waals surface area contributed by atoms with Crippen molar-refractivity contribution in [1.82, 2.24) is 10.9 Å². The van der Waals surface area contributed by atoms with Gasteiger partial charge in [0.2, 0.25) is 5.91 Å². The van der Waals surface area contributed by atoms with Crippen LogP contribution in [0.2, 0.25) is 0 Å². The van der Waals surface area contributed by atoms with Crippen molar-refractivity contribution in [2.45, 2.75) is 13.8 Å². The molecule has 86 valence electrons. The Morgan fingerprint density at radius 1 is 1.19 bits per heavy atom. The molecule has 0 aliphatic rings. The highest BCUT2D eigenvalue weighted by molar-refractivity contribution is 5.95. The van der Waals surface area contributed by atoms with Gasteiger partial charge in [0, 0.05) is 5.92 Å². The molecule has 0 spiro atoms. The summed E-state index contributed by atoms with van der Waals surface area (Å²) in [6.45, 7) is 3.37. The summed E-state index contributed by atoms with van der Waals surface area (Å²) in [6, 6.07) is 5.55. The van der Waals surface area contributed by atoms with Crippen LogP contribution in [-0.2, 0) is 4.79 Å². The number of carbonyl (C=O) groups excluding carboxylic acids is 2. The van der Waals surface area contributed by atoms with E-state index in [9.17, 15) is 14.0 Å². The molecule has 0 saturated heterocycles. The molecule has 0 unspecified atom stereocenters. The van der Waals surface area contributed by atoms with Gasteiger partial charge in [0.25, 0.3) is 5.91 Å². The van der Waals surface area contributed by atoms with Crippen LogP contribution in [0.25, 0.3) is 0 Å². The van der Waals surface area contributed by atoms with E-state index in [0.717, 1.165) is 0 Å². The van der Waals surface area contributed by atoms with Gasteiger partial charge in [0.05, 0.1) is 5.56 Å². The summed E-state index contributed by atoms with van der Waals surface area (Å²) in [5.41, 5.74) is 4.24. The number of hydrogen-bond donors (Lipinski definition) is 2. The summed E-state index contributed by atoms with van der Waals surface area (Å²) in [7, 11) is 0. The van der Waals surface area contributed by atoms with E-state index >= 15 is 0 Å². The van der Waals surface area contributed by atoms with Crippen LogP contribution in [0.15, 0.2) is 24.3 Å². The van der Waals surface area contributed by atoms with Crippen LogP contribution in [0, 0.1) is 11.7 Å². The number of nitrogens with one attached hydrogen (secondary N) is 2. The summed E-state index contributed by atoms with van der Waals surface area (Å²) < 4.78 is 13.1. The zero-order valence-electron chi connectivity index (χ0n) is 9.08. The van der Waals surface area contributed by atoms with Gasteiger partial charge in [-0.15, -0.1) is 0 Å². The van der Waals surface area contributed by atoms with Crippen molar-refractivity contribution in [3.05, 3.63) is 35.6 Å². The second-order valence-electron chi connectivity index (χ2n) is 3.58. The van der Waals surface area contributed by atoms with Crippen LogP contribution >= 0.6 is 0 Å². The van der Waals surface area contributed by atoms with Crippen molar-refractivity contribution in [1.29, 1.82) is 0 Å². The SMILES string of the molecule is CC(C)C(=O)NNC(=O)c1ccccc1F. The van der Waals surface area contributed by atoms with E-state index < -0.39 is 11.7 Å². The zero-order valence-corrected chi connectivity index (χ0v) is 9.08. The fourth-order valence-electron chi connectivity index (χ4n) is 0.975. The summed E-state index contributed by atoms with van der Waals surface area (Å²) >= 11 is 0. The molecule has 0 aliphatic heterocycles. The molecule has 0 bridgehead atoms. The maximum atomic E-state index is 13.1. The smallest absolute Gasteiger partial charge is 0.272 e. The van der Waals surface area contributed by atoms with Crippen LogP contribution in [0.1, 0.15) is 24.2 Å². The van der Waals surface area contributed by atoms with E-state index in [-0.39, 0.29) is 17.4 Å². The molecular weight excluding hydrogens is 211 g/mol. The average molecular weight is 224 g/mol. The van der Waals surface area contributed by atoms with Gasteiger partial charge in [0.15, 0.2) is 0 Å². The van der Waals surface area contributed by atoms with Crippen LogP contribution < -0.4 is 10.9 Å². The average Bonchev–Trinajstić information content (AvgIpc) is 2.25. The fraction of sp³-hybridized carbons (Fsp3) is 0.273. The second-order valence-corrected chi connectivity index (χ2v) is 3.58. The van der Waals surface area contributed by atoms with Gasteiger partial charge in [-0.05, 0) is 12.1 Å². The molecule has 0 aliphatic carbocycles. The summed E-state index contributed by atoms with van der Waals surface area (Å²) in [5.74, 6) is -1.88. The fourth-order valence-corrected chi connectivity index (χ4v) is 0.975. The second kappa shape index (κ2) is 5.25. The Labute approximate surface area is 92.8 Å². The monoisotopic (exact) mass is 224 g/mol. The van der Waals surface area contributed by atoms with Crippen molar-refractivity contribution in [2.24, 2.45) is 5.92 Å². The molecule has 4 nitrogen and oxygen atoms in total. The topological polar surface area (TPSA) is 58.2 Å². The van der Waals surface area contributed by atoms with Crippen molar-refractivity contribution in [3.63, 3.8) is 0 Å². The molecule has 0 fully saturated rings. The van der Waals surface area contributed by atoms with Gasteiger partial charge in [-0.2, -0.15) is 0 Å². The summed E-state index contributed by atoms with van der Waals surface area (Å²) in [4.78, 5) is 22.6. The first-order valence-electron chi connectivity index (χ1n) is 4.87. The predicted octanol–water partition coefficient (Wildman–Crippen LogP) is 1.24. The van der Waals surface area contributed by atoms with E-state index in [0.29, 0.717) is 0 Å². The number of rotatable bonds is 2. The van der Waals surface area contributed by atoms with Crippen molar-refractivity contribution < 1.29 is 14.0 Å². The standard InChI is InChI=1S/C11H13FN2O2/c1-7(2)10(15)13-14-11(16)8-5-3-4-6-9(8)12/h3-7H,1-2H3,(H,13,15)(H,14,16). The molecule has 0 saturated carbocycles. The van der Waals surface area contributed by atoms with Gasteiger partial charge in [-0.3, -0.25) is 20.4 Å². The molecule has 0 radical (unpaired) electrons. The molecule has 0 heterocycles. The van der Waals surface area contributed by atoms with Crippen LogP contribution in [0.5, 0.6) is 0 Å².